The summed E-state index contributed by atoms with van der Waals surface area (Å²) >= 11 is 0. The Morgan fingerprint density at radius 3 is 2.68 bits per heavy atom. The van der Waals surface area contributed by atoms with Gasteiger partial charge in [-0.25, -0.2) is 4.79 Å². The van der Waals surface area contributed by atoms with E-state index in [0.29, 0.717) is 5.56 Å². The minimum Gasteiger partial charge on any atom is -0.464 e. The highest BCUT2D eigenvalue weighted by atomic mass is 16.6. The van der Waals surface area contributed by atoms with Crippen molar-refractivity contribution in [3.63, 3.8) is 0 Å². The second kappa shape index (κ2) is 6.66. The predicted octanol–water partition coefficient (Wildman–Crippen LogP) is 2.68. The minimum absolute atomic E-state index is 0.0270. The van der Waals surface area contributed by atoms with Crippen LogP contribution in [0, 0.1) is 10.1 Å². The lowest BCUT2D eigenvalue weighted by atomic mass is 9.98. The Labute approximate surface area is 126 Å². The number of rotatable bonds is 5. The number of ether oxygens (including phenoxy) is 1. The average Bonchev–Trinajstić information content (AvgIpc) is 2.54. The first-order chi connectivity index (χ1) is 10.6. The number of hydrogen-bond acceptors (Lipinski definition) is 6. The number of carbonyl (C=O) groups is 1. The molecule has 0 amide bonds. The van der Waals surface area contributed by atoms with Crippen molar-refractivity contribution in [1.29, 1.82) is 0 Å². The Bertz CT molecular complexity index is 755. The van der Waals surface area contributed by atoms with Crippen LogP contribution in [0.15, 0.2) is 41.6 Å². The van der Waals surface area contributed by atoms with Gasteiger partial charge in [0.15, 0.2) is 5.71 Å². The van der Waals surface area contributed by atoms with Gasteiger partial charge in [-0.2, -0.15) is 0 Å². The van der Waals surface area contributed by atoms with Crippen LogP contribution in [0.5, 0.6) is 0 Å². The zero-order chi connectivity index (χ0) is 16.1. The highest BCUT2D eigenvalue weighted by molar-refractivity contribution is 6.36. The molecule has 7 heteroatoms. The van der Waals surface area contributed by atoms with E-state index in [1.165, 1.54) is 13.2 Å². The highest BCUT2D eigenvalue weighted by Crippen LogP contribution is 2.29. The van der Waals surface area contributed by atoms with Crippen LogP contribution < -0.4 is 0 Å². The quantitative estimate of drug-likeness (QED) is 0.301. The molecule has 7 nitrogen and oxygen atoms in total. The molecule has 0 aliphatic carbocycles. The fourth-order valence-corrected chi connectivity index (χ4v) is 2.31. The van der Waals surface area contributed by atoms with Crippen molar-refractivity contribution >= 4 is 28.1 Å². The van der Waals surface area contributed by atoms with Crippen LogP contribution in [0.1, 0.15) is 12.0 Å². The molecule has 22 heavy (non-hydrogen) atoms. The summed E-state index contributed by atoms with van der Waals surface area (Å²) < 4.78 is 4.49. The van der Waals surface area contributed by atoms with E-state index in [0.717, 1.165) is 10.8 Å². The van der Waals surface area contributed by atoms with Gasteiger partial charge in [-0.1, -0.05) is 29.4 Å². The van der Waals surface area contributed by atoms with E-state index in [1.54, 1.807) is 18.2 Å². The van der Waals surface area contributed by atoms with Gasteiger partial charge in [-0.15, -0.1) is 0 Å². The Balaban J connectivity index is 2.42. The van der Waals surface area contributed by atoms with Crippen molar-refractivity contribution in [3.8, 4) is 0 Å². The van der Waals surface area contributed by atoms with E-state index in [1.807, 2.05) is 12.1 Å². The summed E-state index contributed by atoms with van der Waals surface area (Å²) in [5, 5.41) is 24.6. The summed E-state index contributed by atoms with van der Waals surface area (Å²) in [4.78, 5) is 22.1. The minimum atomic E-state index is -0.759. The van der Waals surface area contributed by atoms with Crippen LogP contribution in [0.3, 0.4) is 0 Å². The number of hydrogen-bond donors (Lipinski definition) is 1. The van der Waals surface area contributed by atoms with E-state index < -0.39 is 10.9 Å². The largest absolute Gasteiger partial charge is 0.464 e. The third-order valence-corrected chi connectivity index (χ3v) is 3.37. The molecule has 2 rings (SSSR count). The normalized spacial score (nSPS) is 11.4. The molecule has 114 valence electrons. The van der Waals surface area contributed by atoms with Gasteiger partial charge >= 0.3 is 5.97 Å². The van der Waals surface area contributed by atoms with Crippen molar-refractivity contribution in [2.45, 2.75) is 12.8 Å². The Morgan fingerprint density at radius 2 is 2.05 bits per heavy atom. The fraction of sp³-hybridized carbons (Fsp3) is 0.200. The van der Waals surface area contributed by atoms with Crippen molar-refractivity contribution in [3.05, 3.63) is 52.1 Å². The molecule has 0 atom stereocenters. The lowest BCUT2D eigenvalue weighted by Crippen LogP contribution is -2.17. The molecule has 0 saturated carbocycles. The molecule has 0 fully saturated rings. The van der Waals surface area contributed by atoms with Gasteiger partial charge in [0, 0.05) is 18.1 Å². The molecule has 0 aromatic heterocycles. The maximum absolute atomic E-state index is 11.4. The molecule has 2 aromatic rings. The molecule has 1 N–H and O–H groups in total. The summed E-state index contributed by atoms with van der Waals surface area (Å²) in [6.07, 6.45) is 0.226. The number of nitrogens with zero attached hydrogens (tertiary/aromatic N) is 2. The van der Waals surface area contributed by atoms with Crippen LogP contribution >= 0.6 is 0 Å². The molecule has 0 radical (unpaired) electrons. The number of fused-ring (bicyclic) bond motifs is 1. The third kappa shape index (κ3) is 3.03. The Kier molecular flexibility index (Phi) is 4.67. The van der Waals surface area contributed by atoms with E-state index in [2.05, 4.69) is 9.89 Å². The molecule has 0 unspecified atom stereocenters. The van der Waals surface area contributed by atoms with Gasteiger partial charge in [-0.05, 0) is 23.3 Å². The van der Waals surface area contributed by atoms with Crippen molar-refractivity contribution in [2.75, 3.05) is 7.11 Å². The van der Waals surface area contributed by atoms with Crippen molar-refractivity contribution in [1.82, 2.24) is 0 Å². The summed E-state index contributed by atoms with van der Waals surface area (Å²) in [6, 6.07) is 10.4. The molecule has 0 bridgehead atoms. The lowest BCUT2D eigenvalue weighted by Gasteiger charge is -2.08. The predicted molar refractivity (Wildman–Crippen MR) is 80.2 cm³/mol. The van der Waals surface area contributed by atoms with Gasteiger partial charge < -0.3 is 9.94 Å². The molecule has 0 aliphatic heterocycles. The monoisotopic (exact) mass is 302 g/mol. The Hall–Kier alpha value is -2.96. The maximum atomic E-state index is 11.4. The van der Waals surface area contributed by atoms with Gasteiger partial charge in [0.1, 0.15) is 0 Å². The van der Waals surface area contributed by atoms with Gasteiger partial charge in [0.25, 0.3) is 5.69 Å². The van der Waals surface area contributed by atoms with Gasteiger partial charge in [0.2, 0.25) is 0 Å². The number of esters is 1. The number of benzene rings is 2. The van der Waals surface area contributed by atoms with Crippen LogP contribution in [-0.2, 0) is 16.0 Å². The molecule has 0 saturated heterocycles. The number of nitro groups is 1. The zero-order valence-corrected chi connectivity index (χ0v) is 11.9. The molecular formula is C15H14N2O5. The average molecular weight is 302 g/mol. The first-order valence-electron chi connectivity index (χ1n) is 6.52. The maximum Gasteiger partial charge on any atom is 0.355 e. The smallest absolute Gasteiger partial charge is 0.355 e. The lowest BCUT2D eigenvalue weighted by molar-refractivity contribution is -0.385. The van der Waals surface area contributed by atoms with Crippen LogP contribution in [0.4, 0.5) is 5.69 Å². The van der Waals surface area contributed by atoms with Crippen molar-refractivity contribution in [2.24, 2.45) is 5.16 Å². The van der Waals surface area contributed by atoms with E-state index >= 15 is 0 Å². The number of nitro benzene ring substituents is 1. The summed E-state index contributed by atoms with van der Waals surface area (Å²) in [5.74, 6) is -0.759. The first-order valence-corrected chi connectivity index (χ1v) is 6.52. The molecular weight excluding hydrogens is 288 g/mol. The first kappa shape index (κ1) is 15.4. The Morgan fingerprint density at radius 1 is 1.32 bits per heavy atom. The standard InChI is InChI=1S/C15H14N2O5/c1-22-15(18)13(16-19)8-7-12-11-5-3-2-4-10(11)6-9-14(12)17(20)21/h2-6,9,19H,7-8H2,1H3/b16-13+. The van der Waals surface area contributed by atoms with Crippen LogP contribution in [0.2, 0.25) is 0 Å². The molecule has 0 heterocycles. The molecule has 0 aliphatic rings. The second-order valence-electron chi connectivity index (χ2n) is 4.58. The van der Waals surface area contributed by atoms with E-state index in [4.69, 9.17) is 5.21 Å². The van der Waals surface area contributed by atoms with Gasteiger partial charge in [0.05, 0.1) is 12.0 Å². The SMILES string of the molecule is COC(=O)/C(CCc1c([N+](=O)[O-])ccc2ccccc12)=N/O. The van der Waals surface area contributed by atoms with Crippen molar-refractivity contribution < 1.29 is 19.7 Å². The topological polar surface area (TPSA) is 102 Å². The van der Waals surface area contributed by atoms with Gasteiger partial charge in [-0.3, -0.25) is 10.1 Å². The third-order valence-electron chi connectivity index (χ3n) is 3.37. The zero-order valence-electron chi connectivity index (χ0n) is 11.9. The van der Waals surface area contributed by atoms with E-state index in [-0.39, 0.29) is 24.2 Å². The number of aryl methyl sites for hydroxylation is 1. The number of methoxy groups -OCH3 is 1. The highest BCUT2D eigenvalue weighted by Gasteiger charge is 2.19. The molecule has 2 aromatic carbocycles. The second-order valence-corrected chi connectivity index (χ2v) is 4.58. The number of carbonyl (C=O) groups excluding carboxylic acids is 1. The summed E-state index contributed by atoms with van der Waals surface area (Å²) in [6.45, 7) is 0. The van der Waals surface area contributed by atoms with E-state index in [9.17, 15) is 14.9 Å². The number of oxime groups is 1. The van der Waals surface area contributed by atoms with Crippen LogP contribution in [-0.4, -0.2) is 28.9 Å². The molecule has 0 spiro atoms. The summed E-state index contributed by atoms with van der Waals surface area (Å²) in [7, 11) is 1.17. The summed E-state index contributed by atoms with van der Waals surface area (Å²) in [5.41, 5.74) is 0.291. The van der Waals surface area contributed by atoms with Crippen LogP contribution in [0.25, 0.3) is 10.8 Å². The fourth-order valence-electron chi connectivity index (χ4n) is 2.31.